The highest BCUT2D eigenvalue weighted by Gasteiger charge is 2.51. The van der Waals surface area contributed by atoms with Crippen LogP contribution in [0.2, 0.25) is 0 Å². The zero-order valence-electron chi connectivity index (χ0n) is 10.9. The van der Waals surface area contributed by atoms with E-state index in [1.807, 2.05) is 10.9 Å². The lowest BCUT2D eigenvalue weighted by Crippen LogP contribution is -2.33. The summed E-state index contributed by atoms with van der Waals surface area (Å²) in [6.45, 7) is 8.83. The van der Waals surface area contributed by atoms with Gasteiger partial charge in [-0.1, -0.05) is 13.8 Å². The molecule has 1 aliphatic rings. The minimum Gasteiger partial charge on any atom is -0.271 e. The molecule has 1 aromatic rings. The Labute approximate surface area is 111 Å². The van der Waals surface area contributed by atoms with Crippen molar-refractivity contribution in [1.82, 2.24) is 15.2 Å². The van der Waals surface area contributed by atoms with Crippen LogP contribution in [0.25, 0.3) is 0 Å². The van der Waals surface area contributed by atoms with Crippen LogP contribution in [0.1, 0.15) is 51.9 Å². The summed E-state index contributed by atoms with van der Waals surface area (Å²) in [6.07, 6.45) is 3.06. The maximum absolute atomic E-state index is 5.75. The second kappa shape index (κ2) is 4.37. The summed E-state index contributed by atoms with van der Waals surface area (Å²) >= 11 is 3.58. The summed E-state index contributed by atoms with van der Waals surface area (Å²) in [7, 11) is 0. The third-order valence-corrected chi connectivity index (χ3v) is 4.35. The van der Waals surface area contributed by atoms with Gasteiger partial charge in [0.15, 0.2) is 0 Å². The fraction of sp³-hybridized carbons (Fsp3) is 0.750. The van der Waals surface area contributed by atoms with Gasteiger partial charge < -0.3 is 0 Å². The van der Waals surface area contributed by atoms with Crippen LogP contribution in [0.4, 0.5) is 0 Å². The monoisotopic (exact) mass is 300 g/mol. The number of hydrogen-bond donors (Lipinski definition) is 2. The van der Waals surface area contributed by atoms with E-state index in [1.165, 1.54) is 6.42 Å². The summed E-state index contributed by atoms with van der Waals surface area (Å²) in [6, 6.07) is 0.512. The van der Waals surface area contributed by atoms with Crippen molar-refractivity contribution in [3.8, 4) is 0 Å². The van der Waals surface area contributed by atoms with Crippen molar-refractivity contribution in [3.63, 3.8) is 0 Å². The molecule has 0 spiro atoms. The van der Waals surface area contributed by atoms with Crippen LogP contribution in [-0.4, -0.2) is 9.78 Å². The Kier molecular flexibility index (Phi) is 3.36. The van der Waals surface area contributed by atoms with Crippen molar-refractivity contribution in [3.05, 3.63) is 16.4 Å². The van der Waals surface area contributed by atoms with Gasteiger partial charge in [0.2, 0.25) is 0 Å². The van der Waals surface area contributed by atoms with Crippen LogP contribution in [-0.2, 0) is 0 Å². The summed E-state index contributed by atoms with van der Waals surface area (Å²) in [5.41, 5.74) is 4.51. The van der Waals surface area contributed by atoms with Gasteiger partial charge in [0.1, 0.15) is 0 Å². The zero-order valence-corrected chi connectivity index (χ0v) is 12.5. The topological polar surface area (TPSA) is 55.9 Å². The molecule has 1 heterocycles. The van der Waals surface area contributed by atoms with Crippen LogP contribution in [0, 0.1) is 11.3 Å². The van der Waals surface area contributed by atoms with Crippen LogP contribution in [0.3, 0.4) is 0 Å². The molecule has 3 N–H and O–H groups in total. The smallest absolute Gasteiger partial charge is 0.0715 e. The number of nitrogens with one attached hydrogen (secondary N) is 1. The lowest BCUT2D eigenvalue weighted by atomic mass is 10.0. The Hall–Kier alpha value is -0.390. The van der Waals surface area contributed by atoms with E-state index in [-0.39, 0.29) is 6.04 Å². The Morgan fingerprint density at radius 3 is 2.59 bits per heavy atom. The van der Waals surface area contributed by atoms with E-state index in [4.69, 9.17) is 5.84 Å². The van der Waals surface area contributed by atoms with Gasteiger partial charge in [-0.2, -0.15) is 5.10 Å². The summed E-state index contributed by atoms with van der Waals surface area (Å²) in [5, 5.41) is 4.42. The molecule has 0 aromatic carbocycles. The largest absolute Gasteiger partial charge is 0.271 e. The number of hydrazine groups is 1. The van der Waals surface area contributed by atoms with Gasteiger partial charge in [-0.3, -0.25) is 16.0 Å². The van der Waals surface area contributed by atoms with Gasteiger partial charge in [-0.25, -0.2) is 0 Å². The summed E-state index contributed by atoms with van der Waals surface area (Å²) in [5.74, 6) is 6.33. The Balaban J connectivity index is 2.34. The second-order valence-electron chi connectivity index (χ2n) is 5.86. The summed E-state index contributed by atoms with van der Waals surface area (Å²) in [4.78, 5) is 0. The molecule has 1 fully saturated rings. The Bertz CT molecular complexity index is 411. The Morgan fingerprint density at radius 1 is 1.59 bits per heavy atom. The van der Waals surface area contributed by atoms with Gasteiger partial charge in [0.25, 0.3) is 0 Å². The van der Waals surface area contributed by atoms with E-state index in [9.17, 15) is 0 Å². The van der Waals surface area contributed by atoms with E-state index in [0.29, 0.717) is 17.4 Å². The van der Waals surface area contributed by atoms with Crippen molar-refractivity contribution in [2.45, 2.75) is 46.2 Å². The van der Waals surface area contributed by atoms with Crippen LogP contribution in [0.15, 0.2) is 10.7 Å². The SMILES string of the molecule is CC(C)n1ncc(Br)c1C(NN)C1CC1(C)C. The maximum Gasteiger partial charge on any atom is 0.0715 e. The third kappa shape index (κ3) is 2.28. The summed E-state index contributed by atoms with van der Waals surface area (Å²) < 4.78 is 3.08. The predicted molar refractivity (Wildman–Crippen MR) is 72.3 cm³/mol. The minimum atomic E-state index is 0.171. The number of nitrogens with two attached hydrogens (primary N) is 1. The molecule has 4 nitrogen and oxygen atoms in total. The number of nitrogens with zero attached hydrogens (tertiary/aromatic N) is 2. The van der Waals surface area contributed by atoms with Crippen LogP contribution >= 0.6 is 15.9 Å². The zero-order chi connectivity index (χ0) is 12.8. The molecule has 2 atom stereocenters. The number of hydrogen-bond acceptors (Lipinski definition) is 3. The first-order valence-corrected chi connectivity index (χ1v) is 6.87. The van der Waals surface area contributed by atoms with Gasteiger partial charge in [-0.15, -0.1) is 0 Å². The van der Waals surface area contributed by atoms with E-state index in [1.54, 1.807) is 0 Å². The average molecular weight is 301 g/mol. The molecule has 0 saturated heterocycles. The highest BCUT2D eigenvalue weighted by Crippen LogP contribution is 2.58. The first-order chi connectivity index (χ1) is 7.88. The fourth-order valence-corrected chi connectivity index (χ4v) is 3.04. The highest BCUT2D eigenvalue weighted by atomic mass is 79.9. The molecule has 1 aliphatic carbocycles. The van der Waals surface area contributed by atoms with Crippen LogP contribution < -0.4 is 11.3 Å². The van der Waals surface area contributed by atoms with Crippen molar-refractivity contribution >= 4 is 15.9 Å². The maximum atomic E-state index is 5.75. The molecule has 17 heavy (non-hydrogen) atoms. The van der Waals surface area contributed by atoms with E-state index in [0.717, 1.165) is 10.2 Å². The molecule has 2 rings (SSSR count). The molecule has 1 saturated carbocycles. The molecule has 2 unspecified atom stereocenters. The van der Waals surface area contributed by atoms with Crippen LogP contribution in [0.5, 0.6) is 0 Å². The lowest BCUT2D eigenvalue weighted by Gasteiger charge is -2.21. The average Bonchev–Trinajstić information content (AvgIpc) is 2.68. The van der Waals surface area contributed by atoms with Crippen molar-refractivity contribution in [2.24, 2.45) is 17.2 Å². The van der Waals surface area contributed by atoms with Gasteiger partial charge in [0.05, 0.1) is 22.4 Å². The number of halogens is 1. The lowest BCUT2D eigenvalue weighted by molar-refractivity contribution is 0.380. The first kappa shape index (κ1) is 13.1. The molecular formula is C12H21BrN4. The van der Waals surface area contributed by atoms with Crippen molar-refractivity contribution in [2.75, 3.05) is 0 Å². The van der Waals surface area contributed by atoms with Crippen molar-refractivity contribution < 1.29 is 0 Å². The number of rotatable bonds is 4. The molecule has 1 aromatic heterocycles. The van der Waals surface area contributed by atoms with E-state index >= 15 is 0 Å². The Morgan fingerprint density at radius 2 is 2.18 bits per heavy atom. The van der Waals surface area contributed by atoms with Crippen molar-refractivity contribution in [1.29, 1.82) is 0 Å². The fourth-order valence-electron chi connectivity index (χ4n) is 2.52. The standard InChI is InChI=1S/C12H21BrN4/c1-7(2)17-11(9(13)6-15-17)10(16-14)8-5-12(8,3)4/h6-8,10,16H,5,14H2,1-4H3. The second-order valence-corrected chi connectivity index (χ2v) is 6.71. The third-order valence-electron chi connectivity index (χ3n) is 3.74. The molecule has 96 valence electrons. The molecule has 0 amide bonds. The van der Waals surface area contributed by atoms with E-state index in [2.05, 4.69) is 54.1 Å². The van der Waals surface area contributed by atoms with Gasteiger partial charge in [-0.05, 0) is 47.5 Å². The molecule has 5 heteroatoms. The molecule has 0 radical (unpaired) electrons. The predicted octanol–water partition coefficient (Wildman–Crippen LogP) is 2.78. The minimum absolute atomic E-state index is 0.171. The first-order valence-electron chi connectivity index (χ1n) is 6.07. The van der Waals surface area contributed by atoms with E-state index < -0.39 is 0 Å². The molecule has 0 aliphatic heterocycles. The molecule has 0 bridgehead atoms. The van der Waals surface area contributed by atoms with Gasteiger partial charge in [0, 0.05) is 6.04 Å². The highest BCUT2D eigenvalue weighted by molar-refractivity contribution is 9.10. The quantitative estimate of drug-likeness (QED) is 0.664. The van der Waals surface area contributed by atoms with Gasteiger partial charge >= 0.3 is 0 Å². The number of aromatic nitrogens is 2. The molecular weight excluding hydrogens is 280 g/mol. The normalized spacial score (nSPS) is 24.1.